The molecule has 1 unspecified atom stereocenters. The van der Waals surface area contributed by atoms with Crippen LogP contribution in [-0.2, 0) is 45.5 Å². The SMILES string of the molecule is CCCCC/C=C\C[C@H](O)[C@@H](O)CCCCCCCC(=O)O[C@H](COC(=O)CCCCCCCCc1oc(CCCCC)c(C)c1C)COP(=O)(O)OCCN. The highest BCUT2D eigenvalue weighted by Crippen LogP contribution is 2.43. The van der Waals surface area contributed by atoms with Crippen LogP contribution in [0.15, 0.2) is 16.6 Å². The van der Waals surface area contributed by atoms with Gasteiger partial charge in [-0.2, -0.15) is 0 Å². The molecule has 0 aromatic carbocycles. The lowest BCUT2D eigenvalue weighted by Gasteiger charge is -2.20. The predicted molar refractivity (Wildman–Crippen MR) is 221 cm³/mol. The molecule has 13 heteroatoms. The normalized spacial score (nSPS) is 14.5. The minimum absolute atomic E-state index is 0.0215. The molecule has 56 heavy (non-hydrogen) atoms. The van der Waals surface area contributed by atoms with E-state index in [1.54, 1.807) is 0 Å². The summed E-state index contributed by atoms with van der Waals surface area (Å²) in [6.07, 6.45) is 22.4. The molecule has 0 aliphatic heterocycles. The van der Waals surface area contributed by atoms with E-state index in [-0.39, 0.29) is 32.6 Å². The van der Waals surface area contributed by atoms with E-state index < -0.39 is 44.7 Å². The fourth-order valence-electron chi connectivity index (χ4n) is 6.36. The van der Waals surface area contributed by atoms with Crippen LogP contribution in [0.4, 0.5) is 0 Å². The fourth-order valence-corrected chi connectivity index (χ4v) is 7.13. The molecule has 0 saturated carbocycles. The largest absolute Gasteiger partial charge is 0.472 e. The van der Waals surface area contributed by atoms with Gasteiger partial charge < -0.3 is 34.7 Å². The number of rotatable bonds is 37. The van der Waals surface area contributed by atoms with Crippen LogP contribution in [-0.4, -0.2) is 71.7 Å². The van der Waals surface area contributed by atoms with Crippen molar-refractivity contribution in [3.8, 4) is 0 Å². The molecule has 1 aromatic heterocycles. The molecule has 12 nitrogen and oxygen atoms in total. The molecule has 0 saturated heterocycles. The smallest absolute Gasteiger partial charge is 0.466 e. The number of hydrogen-bond donors (Lipinski definition) is 4. The Bertz CT molecular complexity index is 1240. The van der Waals surface area contributed by atoms with Gasteiger partial charge in [-0.15, -0.1) is 0 Å². The number of carbonyl (C=O) groups is 2. The van der Waals surface area contributed by atoms with Crippen molar-refractivity contribution in [3.05, 3.63) is 34.8 Å². The molecule has 4 atom stereocenters. The molecule has 0 aliphatic rings. The lowest BCUT2D eigenvalue weighted by Crippen LogP contribution is -2.29. The van der Waals surface area contributed by atoms with E-state index in [0.29, 0.717) is 25.7 Å². The van der Waals surface area contributed by atoms with Crippen molar-refractivity contribution < 1.29 is 52.2 Å². The van der Waals surface area contributed by atoms with Gasteiger partial charge in [-0.3, -0.25) is 18.6 Å². The number of furan rings is 1. The number of hydrogen-bond acceptors (Lipinski definition) is 11. The Hall–Kier alpha value is -2.05. The van der Waals surface area contributed by atoms with Gasteiger partial charge in [-0.05, 0) is 76.3 Å². The Morgan fingerprint density at radius 1 is 0.714 bits per heavy atom. The summed E-state index contributed by atoms with van der Waals surface area (Å²) in [6.45, 7) is 7.72. The molecule has 0 aliphatic carbocycles. The first-order chi connectivity index (χ1) is 26.9. The van der Waals surface area contributed by atoms with Gasteiger partial charge in [0.25, 0.3) is 0 Å². The van der Waals surface area contributed by atoms with Crippen molar-refractivity contribution in [2.75, 3.05) is 26.4 Å². The molecule has 0 amide bonds. The summed E-state index contributed by atoms with van der Waals surface area (Å²) >= 11 is 0. The zero-order valence-corrected chi connectivity index (χ0v) is 36.2. The molecule has 326 valence electrons. The van der Waals surface area contributed by atoms with Gasteiger partial charge in [0.05, 0.1) is 25.4 Å². The molecule has 0 spiro atoms. The van der Waals surface area contributed by atoms with Gasteiger partial charge in [0.2, 0.25) is 0 Å². The number of carbonyl (C=O) groups excluding carboxylic acids is 2. The molecular formula is C43H78NO11P. The number of aliphatic hydroxyl groups is 2. The fraction of sp³-hybridized carbons (Fsp3) is 0.814. The van der Waals surface area contributed by atoms with E-state index in [4.69, 9.17) is 28.7 Å². The molecular weight excluding hydrogens is 737 g/mol. The van der Waals surface area contributed by atoms with Crippen molar-refractivity contribution in [3.63, 3.8) is 0 Å². The number of allylic oxidation sites excluding steroid dienone is 1. The van der Waals surface area contributed by atoms with Crippen molar-refractivity contribution in [2.24, 2.45) is 5.73 Å². The maximum absolute atomic E-state index is 12.6. The van der Waals surface area contributed by atoms with Crippen LogP contribution >= 0.6 is 7.82 Å². The van der Waals surface area contributed by atoms with Gasteiger partial charge >= 0.3 is 19.8 Å². The minimum atomic E-state index is -4.43. The number of aryl methyl sites for hydroxylation is 2. The van der Waals surface area contributed by atoms with Crippen molar-refractivity contribution >= 4 is 19.8 Å². The van der Waals surface area contributed by atoms with E-state index in [0.717, 1.165) is 95.0 Å². The first-order valence-corrected chi connectivity index (χ1v) is 23.2. The van der Waals surface area contributed by atoms with Gasteiger partial charge in [-0.25, -0.2) is 4.57 Å². The average molecular weight is 816 g/mol. The zero-order chi connectivity index (χ0) is 41.4. The van der Waals surface area contributed by atoms with Gasteiger partial charge in [-0.1, -0.05) is 103 Å². The first-order valence-electron chi connectivity index (χ1n) is 21.7. The second-order valence-electron chi connectivity index (χ2n) is 15.1. The van der Waals surface area contributed by atoms with E-state index in [1.807, 2.05) is 6.08 Å². The van der Waals surface area contributed by atoms with E-state index >= 15 is 0 Å². The van der Waals surface area contributed by atoms with Crippen LogP contribution in [0.2, 0.25) is 0 Å². The van der Waals surface area contributed by atoms with Crippen LogP contribution in [0, 0.1) is 13.8 Å². The number of esters is 2. The highest BCUT2D eigenvalue weighted by Gasteiger charge is 2.26. The highest BCUT2D eigenvalue weighted by atomic mass is 31.2. The van der Waals surface area contributed by atoms with Gasteiger partial charge in [0, 0.05) is 32.2 Å². The summed E-state index contributed by atoms with van der Waals surface area (Å²) in [5, 5.41) is 20.4. The third-order valence-electron chi connectivity index (χ3n) is 10.1. The summed E-state index contributed by atoms with van der Waals surface area (Å²) < 4.78 is 38.9. The first kappa shape index (κ1) is 52.0. The van der Waals surface area contributed by atoms with Crippen LogP contribution in [0.5, 0.6) is 0 Å². The third-order valence-corrected chi connectivity index (χ3v) is 11.0. The minimum Gasteiger partial charge on any atom is -0.466 e. The summed E-state index contributed by atoms with van der Waals surface area (Å²) in [7, 11) is -4.43. The number of phosphoric ester groups is 1. The van der Waals surface area contributed by atoms with Gasteiger partial charge in [0.15, 0.2) is 6.10 Å². The van der Waals surface area contributed by atoms with Gasteiger partial charge in [0.1, 0.15) is 18.1 Å². The molecule has 0 radical (unpaired) electrons. The molecule has 0 bridgehead atoms. The summed E-state index contributed by atoms with van der Waals surface area (Å²) in [4.78, 5) is 35.0. The third kappa shape index (κ3) is 26.1. The Labute approximate surface area is 338 Å². The van der Waals surface area contributed by atoms with Crippen molar-refractivity contribution in [1.82, 2.24) is 0 Å². The van der Waals surface area contributed by atoms with Crippen molar-refractivity contribution in [1.29, 1.82) is 0 Å². The summed E-state index contributed by atoms with van der Waals surface area (Å²) in [6, 6.07) is 0. The molecule has 1 rings (SSSR count). The number of unbranched alkanes of at least 4 members (excludes halogenated alkanes) is 14. The number of phosphoric acid groups is 1. The zero-order valence-electron chi connectivity index (χ0n) is 35.3. The Kier molecular flexibility index (Phi) is 30.5. The van der Waals surface area contributed by atoms with Crippen LogP contribution in [0.25, 0.3) is 0 Å². The van der Waals surface area contributed by atoms with Crippen LogP contribution in [0.3, 0.4) is 0 Å². The summed E-state index contributed by atoms with van der Waals surface area (Å²) in [5.41, 5.74) is 7.92. The lowest BCUT2D eigenvalue weighted by atomic mass is 10.0. The lowest BCUT2D eigenvalue weighted by molar-refractivity contribution is -0.161. The number of nitrogens with two attached hydrogens (primary N) is 1. The summed E-state index contributed by atoms with van der Waals surface area (Å²) in [5.74, 6) is 1.29. The topological polar surface area (TPSA) is 188 Å². The van der Waals surface area contributed by atoms with E-state index in [2.05, 4.69) is 33.8 Å². The highest BCUT2D eigenvalue weighted by molar-refractivity contribution is 7.47. The number of ether oxygens (including phenoxy) is 2. The van der Waals surface area contributed by atoms with Crippen LogP contribution in [0.1, 0.15) is 178 Å². The maximum atomic E-state index is 12.6. The molecule has 0 fully saturated rings. The second kappa shape index (κ2) is 32.9. The predicted octanol–water partition coefficient (Wildman–Crippen LogP) is 9.43. The Morgan fingerprint density at radius 2 is 1.27 bits per heavy atom. The van der Waals surface area contributed by atoms with E-state index in [1.165, 1.54) is 43.2 Å². The Morgan fingerprint density at radius 3 is 1.89 bits per heavy atom. The average Bonchev–Trinajstić information content (AvgIpc) is 3.44. The van der Waals surface area contributed by atoms with Crippen LogP contribution < -0.4 is 5.73 Å². The number of aliphatic hydroxyl groups excluding tert-OH is 2. The standard InChI is InChI=1S/C43H78NO11P/c1-5-7-9-10-14-20-25-38(45)39(46)26-21-15-13-18-24-30-43(48)54-37(34-53-56(49,50)52-32-31-44)33-51-42(47)29-23-17-12-11-16-22-28-41-36(4)35(3)40(55-41)27-19-8-6-2/h14,20,37-39,45-46H,5-13,15-19,21-34,44H2,1-4H3,(H,49,50)/b20-14-/t37-,38+,39+/m1/s1. The molecule has 1 aromatic rings. The monoisotopic (exact) mass is 816 g/mol. The molecule has 5 N–H and O–H groups in total. The Balaban J connectivity index is 2.34. The van der Waals surface area contributed by atoms with Crippen molar-refractivity contribution in [2.45, 2.75) is 200 Å². The quantitative estimate of drug-likeness (QED) is 0.0216. The molecule has 1 heterocycles. The van der Waals surface area contributed by atoms with E-state index in [9.17, 15) is 29.3 Å². The second-order valence-corrected chi connectivity index (χ2v) is 16.6. The maximum Gasteiger partial charge on any atom is 0.472 e.